The zero-order chi connectivity index (χ0) is 13.0. The van der Waals surface area contributed by atoms with E-state index in [-0.39, 0.29) is 6.04 Å². The molecule has 0 aliphatic carbocycles. The predicted molar refractivity (Wildman–Crippen MR) is 75.3 cm³/mol. The van der Waals surface area contributed by atoms with Crippen LogP contribution in [-0.4, -0.2) is 4.98 Å². The molecule has 2 aromatic rings. The van der Waals surface area contributed by atoms with Crippen LogP contribution in [0.1, 0.15) is 29.7 Å². The van der Waals surface area contributed by atoms with Gasteiger partial charge >= 0.3 is 0 Å². The van der Waals surface area contributed by atoms with Crippen LogP contribution in [0.15, 0.2) is 42.6 Å². The van der Waals surface area contributed by atoms with E-state index in [1.165, 1.54) is 5.56 Å². The lowest BCUT2D eigenvalue weighted by Crippen LogP contribution is -2.08. The zero-order valence-electron chi connectivity index (χ0n) is 10.9. The van der Waals surface area contributed by atoms with E-state index in [2.05, 4.69) is 28.5 Å². The van der Waals surface area contributed by atoms with E-state index in [4.69, 9.17) is 5.73 Å². The minimum absolute atomic E-state index is 0.0272. The normalized spacial score (nSPS) is 12.2. The first-order chi connectivity index (χ1) is 8.66. The van der Waals surface area contributed by atoms with Crippen molar-refractivity contribution in [2.24, 2.45) is 5.73 Å². The molecule has 0 unspecified atom stereocenters. The summed E-state index contributed by atoms with van der Waals surface area (Å²) in [5.74, 6) is 0.920. The van der Waals surface area contributed by atoms with E-state index >= 15 is 0 Å². The molecular weight excluding hydrogens is 222 g/mol. The molecule has 1 aromatic heterocycles. The average molecular weight is 241 g/mol. The molecule has 0 bridgehead atoms. The minimum Gasteiger partial charge on any atom is -0.366 e. The van der Waals surface area contributed by atoms with Crippen molar-refractivity contribution in [3.05, 3.63) is 59.3 Å². The number of aromatic nitrogens is 1. The Kier molecular flexibility index (Phi) is 3.95. The van der Waals surface area contributed by atoms with Crippen LogP contribution >= 0.6 is 0 Å². The van der Waals surface area contributed by atoms with Crippen LogP contribution in [-0.2, 0) is 6.54 Å². The lowest BCUT2D eigenvalue weighted by atomic mass is 10.1. The Hall–Kier alpha value is -1.87. The Morgan fingerprint density at radius 2 is 2.00 bits per heavy atom. The van der Waals surface area contributed by atoms with Crippen molar-refractivity contribution < 1.29 is 0 Å². The van der Waals surface area contributed by atoms with E-state index in [1.54, 1.807) is 0 Å². The number of pyridine rings is 1. The molecule has 0 fully saturated rings. The summed E-state index contributed by atoms with van der Waals surface area (Å²) in [5.41, 5.74) is 9.28. The molecule has 0 saturated heterocycles. The van der Waals surface area contributed by atoms with Crippen LogP contribution in [0.5, 0.6) is 0 Å². The summed E-state index contributed by atoms with van der Waals surface area (Å²) in [5, 5.41) is 3.34. The van der Waals surface area contributed by atoms with Gasteiger partial charge < -0.3 is 11.1 Å². The molecule has 0 saturated carbocycles. The molecule has 3 N–H and O–H groups in total. The van der Waals surface area contributed by atoms with Crippen molar-refractivity contribution in [1.29, 1.82) is 0 Å². The molecule has 1 aromatic carbocycles. The first kappa shape index (κ1) is 12.6. The summed E-state index contributed by atoms with van der Waals surface area (Å²) in [6, 6.07) is 12.4. The fourth-order valence-electron chi connectivity index (χ4n) is 1.81. The van der Waals surface area contributed by atoms with Gasteiger partial charge in [-0.15, -0.1) is 0 Å². The van der Waals surface area contributed by atoms with Crippen LogP contribution in [0.2, 0.25) is 0 Å². The largest absolute Gasteiger partial charge is 0.366 e. The molecule has 0 aliphatic rings. The van der Waals surface area contributed by atoms with E-state index in [0.717, 1.165) is 23.5 Å². The number of nitrogens with two attached hydrogens (primary N) is 1. The second-order valence-corrected chi connectivity index (χ2v) is 4.56. The molecule has 3 heteroatoms. The van der Waals surface area contributed by atoms with Gasteiger partial charge in [-0.2, -0.15) is 0 Å². The van der Waals surface area contributed by atoms with Gasteiger partial charge in [0.1, 0.15) is 5.82 Å². The number of rotatable bonds is 4. The molecule has 0 amide bonds. The van der Waals surface area contributed by atoms with Crippen molar-refractivity contribution >= 4 is 5.82 Å². The summed E-state index contributed by atoms with van der Waals surface area (Å²) < 4.78 is 0. The van der Waals surface area contributed by atoms with Gasteiger partial charge in [-0.05, 0) is 36.6 Å². The Balaban J connectivity index is 2.06. The number of anilines is 1. The van der Waals surface area contributed by atoms with E-state index in [1.807, 2.05) is 38.2 Å². The molecule has 18 heavy (non-hydrogen) atoms. The van der Waals surface area contributed by atoms with Crippen molar-refractivity contribution in [2.75, 3.05) is 5.32 Å². The smallest absolute Gasteiger partial charge is 0.129 e. The van der Waals surface area contributed by atoms with E-state index < -0.39 is 0 Å². The first-order valence-corrected chi connectivity index (χ1v) is 6.16. The highest BCUT2D eigenvalue weighted by atomic mass is 15.0. The van der Waals surface area contributed by atoms with Gasteiger partial charge in [-0.25, -0.2) is 4.98 Å². The number of hydrogen-bond acceptors (Lipinski definition) is 3. The molecule has 0 radical (unpaired) electrons. The Morgan fingerprint density at radius 1 is 1.28 bits per heavy atom. The zero-order valence-corrected chi connectivity index (χ0v) is 10.9. The number of nitrogens with one attached hydrogen (secondary N) is 1. The Morgan fingerprint density at radius 3 is 2.61 bits per heavy atom. The third-order valence-electron chi connectivity index (χ3n) is 2.93. The summed E-state index contributed by atoms with van der Waals surface area (Å²) in [6.45, 7) is 4.80. The molecule has 2 rings (SSSR count). The maximum Gasteiger partial charge on any atom is 0.129 e. The van der Waals surface area contributed by atoms with Gasteiger partial charge in [0.05, 0.1) is 0 Å². The quantitative estimate of drug-likeness (QED) is 0.865. The van der Waals surface area contributed by atoms with Crippen molar-refractivity contribution in [3.8, 4) is 0 Å². The molecule has 0 aliphatic heterocycles. The minimum atomic E-state index is 0.0272. The van der Waals surface area contributed by atoms with Crippen LogP contribution in [0.3, 0.4) is 0 Å². The van der Waals surface area contributed by atoms with Gasteiger partial charge in [0.25, 0.3) is 0 Å². The Labute approximate surface area is 108 Å². The van der Waals surface area contributed by atoms with Crippen LogP contribution in [0.25, 0.3) is 0 Å². The highest BCUT2D eigenvalue weighted by Crippen LogP contribution is 2.17. The van der Waals surface area contributed by atoms with Gasteiger partial charge in [0.15, 0.2) is 0 Å². The number of hydrogen-bond donors (Lipinski definition) is 2. The third-order valence-corrected chi connectivity index (χ3v) is 2.93. The molecule has 0 spiro atoms. The second kappa shape index (κ2) is 5.65. The first-order valence-electron chi connectivity index (χ1n) is 6.16. The van der Waals surface area contributed by atoms with Gasteiger partial charge in [0.2, 0.25) is 0 Å². The van der Waals surface area contributed by atoms with Crippen molar-refractivity contribution in [3.63, 3.8) is 0 Å². The van der Waals surface area contributed by atoms with E-state index in [0.29, 0.717) is 0 Å². The number of nitrogens with zero attached hydrogens (tertiary/aromatic N) is 1. The van der Waals surface area contributed by atoms with Crippen LogP contribution in [0, 0.1) is 6.92 Å². The second-order valence-electron chi connectivity index (χ2n) is 4.56. The van der Waals surface area contributed by atoms with Crippen molar-refractivity contribution in [1.82, 2.24) is 4.98 Å². The highest BCUT2D eigenvalue weighted by Gasteiger charge is 2.04. The monoisotopic (exact) mass is 241 g/mol. The van der Waals surface area contributed by atoms with Crippen molar-refractivity contribution in [2.45, 2.75) is 26.4 Å². The molecule has 1 heterocycles. The average Bonchev–Trinajstić information content (AvgIpc) is 2.38. The summed E-state index contributed by atoms with van der Waals surface area (Å²) >= 11 is 0. The summed E-state index contributed by atoms with van der Waals surface area (Å²) in [4.78, 5) is 4.42. The van der Waals surface area contributed by atoms with Crippen LogP contribution < -0.4 is 11.1 Å². The maximum absolute atomic E-state index is 5.84. The van der Waals surface area contributed by atoms with E-state index in [9.17, 15) is 0 Å². The van der Waals surface area contributed by atoms with Crippen LogP contribution in [0.4, 0.5) is 5.82 Å². The fourth-order valence-corrected chi connectivity index (χ4v) is 1.81. The summed E-state index contributed by atoms with van der Waals surface area (Å²) in [6.07, 6.45) is 1.84. The van der Waals surface area contributed by atoms with Gasteiger partial charge in [0, 0.05) is 18.8 Å². The predicted octanol–water partition coefficient (Wildman–Crippen LogP) is 3.02. The van der Waals surface area contributed by atoms with Gasteiger partial charge in [-0.1, -0.05) is 30.3 Å². The molecule has 1 atom stereocenters. The lowest BCUT2D eigenvalue weighted by molar-refractivity contribution is 0.809. The number of benzene rings is 1. The molecule has 3 nitrogen and oxygen atoms in total. The Bertz CT molecular complexity index is 506. The standard InChI is InChI=1S/C15H19N3/c1-11-8-14(12(2)16)10-18-15(11)17-9-13-6-4-3-5-7-13/h3-8,10,12H,9,16H2,1-2H3,(H,17,18)/t12-/m1/s1. The fraction of sp³-hybridized carbons (Fsp3) is 0.267. The number of aryl methyl sites for hydroxylation is 1. The SMILES string of the molecule is Cc1cc([C@@H](C)N)cnc1NCc1ccccc1. The van der Waals surface area contributed by atoms with Gasteiger partial charge in [-0.3, -0.25) is 0 Å². The molecular formula is C15H19N3. The lowest BCUT2D eigenvalue weighted by Gasteiger charge is -2.11. The topological polar surface area (TPSA) is 50.9 Å². The highest BCUT2D eigenvalue weighted by molar-refractivity contribution is 5.45. The molecule has 94 valence electrons. The third kappa shape index (κ3) is 3.08. The summed E-state index contributed by atoms with van der Waals surface area (Å²) in [7, 11) is 0. The maximum atomic E-state index is 5.84.